The van der Waals surface area contributed by atoms with Crippen molar-refractivity contribution in [2.75, 3.05) is 18.5 Å². The molecule has 0 radical (unpaired) electrons. The van der Waals surface area contributed by atoms with Gasteiger partial charge in [-0.15, -0.1) is 5.10 Å². The summed E-state index contributed by atoms with van der Waals surface area (Å²) in [5.41, 5.74) is 2.75. The lowest BCUT2D eigenvalue weighted by Crippen LogP contribution is -2.24. The first-order valence-corrected chi connectivity index (χ1v) is 10.1. The molecule has 9 heteroatoms. The van der Waals surface area contributed by atoms with E-state index in [1.165, 1.54) is 19.3 Å². The summed E-state index contributed by atoms with van der Waals surface area (Å²) in [6.45, 7) is 5.23. The Hall–Kier alpha value is -2.78. The highest BCUT2D eigenvalue weighted by molar-refractivity contribution is 6.03. The summed E-state index contributed by atoms with van der Waals surface area (Å²) in [5.74, 6) is 1.25. The molecule has 2 aromatic heterocycles. The summed E-state index contributed by atoms with van der Waals surface area (Å²) < 4.78 is 12.6. The molecule has 0 aliphatic heterocycles. The van der Waals surface area contributed by atoms with Crippen molar-refractivity contribution in [2.45, 2.75) is 51.9 Å². The molecule has 0 unspecified atom stereocenters. The molecule has 1 fully saturated rings. The quantitative estimate of drug-likeness (QED) is 0.537. The predicted molar refractivity (Wildman–Crippen MR) is 108 cm³/mol. The molecule has 1 aliphatic rings. The van der Waals surface area contributed by atoms with Gasteiger partial charge in [-0.2, -0.15) is 0 Å². The van der Waals surface area contributed by atoms with Crippen LogP contribution in [0.5, 0.6) is 0 Å². The van der Waals surface area contributed by atoms with E-state index in [0.29, 0.717) is 31.4 Å². The molecule has 29 heavy (non-hydrogen) atoms. The molecule has 0 atom stereocenters. The number of nitrogens with one attached hydrogen (secondary N) is 2. The van der Waals surface area contributed by atoms with Gasteiger partial charge in [-0.25, -0.2) is 9.67 Å². The van der Waals surface area contributed by atoms with E-state index in [2.05, 4.69) is 25.6 Å². The van der Waals surface area contributed by atoms with Gasteiger partial charge in [-0.1, -0.05) is 11.6 Å². The number of hydrogen-bond acceptors (Lipinski definition) is 6. The zero-order valence-electron chi connectivity index (χ0n) is 16.7. The van der Waals surface area contributed by atoms with Crippen molar-refractivity contribution in [1.29, 1.82) is 0 Å². The normalized spacial score (nSPS) is 14.4. The fourth-order valence-corrected chi connectivity index (χ4v) is 3.35. The topological polar surface area (TPSA) is 107 Å². The molecule has 0 saturated heterocycles. The third-order valence-electron chi connectivity index (χ3n) is 5.06. The summed E-state index contributed by atoms with van der Waals surface area (Å²) >= 11 is 0. The minimum Gasteiger partial charge on any atom is -0.351 e. The number of ether oxygens (including phenoxy) is 2. The lowest BCUT2D eigenvalue weighted by Gasteiger charge is -2.22. The summed E-state index contributed by atoms with van der Waals surface area (Å²) in [5, 5.41) is 10.8. The molecule has 1 saturated carbocycles. The molecule has 2 heterocycles. The maximum absolute atomic E-state index is 12.6. The lowest BCUT2D eigenvalue weighted by atomic mass is 9.85. The van der Waals surface area contributed by atoms with Crippen LogP contribution in [0.1, 0.15) is 55.3 Å². The second-order valence-electron chi connectivity index (χ2n) is 7.10. The number of aromatic amines is 1. The highest BCUT2D eigenvalue weighted by Crippen LogP contribution is 2.35. The van der Waals surface area contributed by atoms with Crippen LogP contribution < -0.4 is 5.32 Å². The van der Waals surface area contributed by atoms with Crippen LogP contribution in [0.15, 0.2) is 24.4 Å². The third kappa shape index (κ3) is 4.46. The highest BCUT2D eigenvalue weighted by atomic mass is 16.7. The number of anilines is 1. The number of nitrogens with zero attached hydrogens (tertiary/aromatic N) is 4. The minimum atomic E-state index is -0.421. The van der Waals surface area contributed by atoms with Crippen molar-refractivity contribution >= 4 is 22.6 Å². The van der Waals surface area contributed by atoms with Crippen molar-refractivity contribution in [1.82, 2.24) is 25.0 Å². The van der Waals surface area contributed by atoms with Crippen LogP contribution in [0.4, 0.5) is 5.69 Å². The van der Waals surface area contributed by atoms with Gasteiger partial charge in [-0.3, -0.25) is 4.79 Å². The van der Waals surface area contributed by atoms with E-state index in [9.17, 15) is 4.79 Å². The van der Waals surface area contributed by atoms with E-state index in [0.717, 1.165) is 16.9 Å². The van der Waals surface area contributed by atoms with E-state index in [4.69, 9.17) is 9.47 Å². The predicted octanol–water partition coefficient (Wildman–Crippen LogP) is 3.07. The monoisotopic (exact) mass is 398 g/mol. The molecule has 154 valence electrons. The Morgan fingerprint density at radius 1 is 1.31 bits per heavy atom. The van der Waals surface area contributed by atoms with Gasteiger partial charge in [0.1, 0.15) is 5.82 Å². The molecule has 0 bridgehead atoms. The zero-order valence-corrected chi connectivity index (χ0v) is 16.7. The number of carbonyl (C=O) groups excluding carboxylic acids is 1. The number of amides is 1. The van der Waals surface area contributed by atoms with Crippen LogP contribution in [0.25, 0.3) is 11.0 Å². The fraction of sp³-hybridized carbons (Fsp3) is 0.500. The molecule has 2 N–H and O–H groups in total. The van der Waals surface area contributed by atoms with E-state index in [1.807, 2.05) is 32.0 Å². The van der Waals surface area contributed by atoms with Gasteiger partial charge in [0.2, 0.25) is 0 Å². The Labute approximate surface area is 168 Å². The van der Waals surface area contributed by atoms with Gasteiger partial charge in [0.05, 0.1) is 23.8 Å². The van der Waals surface area contributed by atoms with Crippen molar-refractivity contribution < 1.29 is 14.3 Å². The SMILES string of the molecule is CCOC(Cn1cc(C(=O)Nc2ccc3nc(C4CCC4)[nH]c3c2)nn1)OCC. The van der Waals surface area contributed by atoms with Gasteiger partial charge < -0.3 is 19.8 Å². The van der Waals surface area contributed by atoms with Gasteiger partial charge in [0, 0.05) is 24.8 Å². The van der Waals surface area contributed by atoms with Crippen LogP contribution in [0.2, 0.25) is 0 Å². The van der Waals surface area contributed by atoms with Gasteiger partial charge in [0.15, 0.2) is 12.0 Å². The lowest BCUT2D eigenvalue weighted by molar-refractivity contribution is -0.145. The largest absolute Gasteiger partial charge is 0.351 e. The number of carbonyl (C=O) groups is 1. The zero-order chi connectivity index (χ0) is 20.2. The second kappa shape index (κ2) is 8.71. The fourth-order valence-electron chi connectivity index (χ4n) is 3.35. The van der Waals surface area contributed by atoms with E-state index < -0.39 is 6.29 Å². The van der Waals surface area contributed by atoms with E-state index in [-0.39, 0.29) is 11.6 Å². The molecule has 1 amide bonds. The van der Waals surface area contributed by atoms with E-state index >= 15 is 0 Å². The van der Waals surface area contributed by atoms with Gasteiger partial charge in [-0.05, 0) is 44.9 Å². The minimum absolute atomic E-state index is 0.233. The first kappa shape index (κ1) is 19.5. The number of rotatable bonds is 9. The number of fused-ring (bicyclic) bond motifs is 1. The average molecular weight is 398 g/mol. The summed E-state index contributed by atoms with van der Waals surface area (Å²) in [7, 11) is 0. The van der Waals surface area contributed by atoms with Crippen molar-refractivity contribution in [3.05, 3.63) is 35.9 Å². The summed E-state index contributed by atoms with van der Waals surface area (Å²) in [6, 6.07) is 5.65. The van der Waals surface area contributed by atoms with Crippen LogP contribution in [0, 0.1) is 0 Å². The van der Waals surface area contributed by atoms with Crippen molar-refractivity contribution in [3.63, 3.8) is 0 Å². The standard InChI is InChI=1S/C20H26N6O3/c1-3-28-18(29-4-2)12-26-11-17(24-25-26)20(27)21-14-8-9-15-16(10-14)23-19(22-15)13-6-5-7-13/h8-11,13,18H,3-7,12H2,1-2H3,(H,21,27)(H,22,23). The first-order chi connectivity index (χ1) is 14.2. The second-order valence-corrected chi connectivity index (χ2v) is 7.10. The number of hydrogen-bond donors (Lipinski definition) is 2. The van der Waals surface area contributed by atoms with Crippen LogP contribution in [0.3, 0.4) is 0 Å². The maximum atomic E-state index is 12.6. The molecule has 3 aromatic rings. The number of imidazole rings is 1. The Morgan fingerprint density at radius 3 is 2.79 bits per heavy atom. The smallest absolute Gasteiger partial charge is 0.277 e. The average Bonchev–Trinajstić information content (AvgIpc) is 3.27. The number of H-pyrrole nitrogens is 1. The molecular weight excluding hydrogens is 372 g/mol. The first-order valence-electron chi connectivity index (χ1n) is 10.1. The Balaban J connectivity index is 1.41. The molecule has 1 aliphatic carbocycles. The Morgan fingerprint density at radius 2 is 2.10 bits per heavy atom. The molecular formula is C20H26N6O3. The maximum Gasteiger partial charge on any atom is 0.277 e. The van der Waals surface area contributed by atoms with Crippen LogP contribution >= 0.6 is 0 Å². The van der Waals surface area contributed by atoms with Crippen molar-refractivity contribution in [2.24, 2.45) is 0 Å². The summed E-state index contributed by atoms with van der Waals surface area (Å²) in [4.78, 5) is 20.6. The van der Waals surface area contributed by atoms with Crippen LogP contribution in [-0.2, 0) is 16.0 Å². The highest BCUT2D eigenvalue weighted by Gasteiger charge is 2.22. The summed E-state index contributed by atoms with van der Waals surface area (Å²) in [6.07, 6.45) is 4.80. The number of aromatic nitrogens is 5. The van der Waals surface area contributed by atoms with Crippen molar-refractivity contribution in [3.8, 4) is 0 Å². The molecule has 1 aromatic carbocycles. The molecule has 4 rings (SSSR count). The molecule has 0 spiro atoms. The van der Waals surface area contributed by atoms with Gasteiger partial charge in [0.25, 0.3) is 5.91 Å². The van der Waals surface area contributed by atoms with E-state index in [1.54, 1.807) is 10.9 Å². The van der Waals surface area contributed by atoms with Gasteiger partial charge >= 0.3 is 0 Å². The van der Waals surface area contributed by atoms with Crippen LogP contribution in [-0.4, -0.2) is 50.4 Å². The molecule has 9 nitrogen and oxygen atoms in total. The Kier molecular flexibility index (Phi) is 5.86. The number of benzene rings is 1. The Bertz CT molecular complexity index is 972. The third-order valence-corrected chi connectivity index (χ3v) is 5.06.